The van der Waals surface area contributed by atoms with Crippen molar-refractivity contribution in [2.75, 3.05) is 0 Å². The number of fused-ring (bicyclic) bond motifs is 4. The number of aromatic nitrogens is 1. The van der Waals surface area contributed by atoms with Crippen LogP contribution in [0, 0.1) is 0 Å². The Bertz CT molecular complexity index is 1270. The van der Waals surface area contributed by atoms with Crippen molar-refractivity contribution in [3.8, 4) is 0 Å². The van der Waals surface area contributed by atoms with Crippen LogP contribution in [0.25, 0.3) is 38.8 Å². The molecule has 5 aromatic rings. The fourth-order valence-electron chi connectivity index (χ4n) is 4.02. The lowest BCUT2D eigenvalue weighted by molar-refractivity contribution is 1.22. The van der Waals surface area contributed by atoms with Gasteiger partial charge in [0.2, 0.25) is 0 Å². The van der Waals surface area contributed by atoms with Gasteiger partial charge < -0.3 is 4.57 Å². The molecule has 0 radical (unpaired) electrons. The molecule has 5 rings (SSSR count). The number of hydrogen-bond acceptors (Lipinski definition) is 0. The van der Waals surface area contributed by atoms with Crippen LogP contribution in [-0.2, 0) is 6.42 Å². The molecule has 0 aliphatic heterocycles. The second-order valence-electron chi connectivity index (χ2n) is 6.74. The highest BCUT2D eigenvalue weighted by atomic mass is 14.9. The molecular formula is C25H19N. The average molecular weight is 333 g/mol. The van der Waals surface area contributed by atoms with Crippen LogP contribution in [0.1, 0.15) is 11.1 Å². The van der Waals surface area contributed by atoms with E-state index in [0.29, 0.717) is 0 Å². The first-order valence-electron chi connectivity index (χ1n) is 8.96. The molecule has 0 aliphatic rings. The molecule has 0 aliphatic carbocycles. The third kappa shape index (κ3) is 2.25. The standard InChI is InChI=1S/C25H19N/c1-2-26-24-13-6-5-12-22(24)23-17-18(14-15-25(23)26)16-20-10-7-9-19-8-3-4-11-21(19)20/h2-15,17H,1,16H2. The average Bonchev–Trinajstić information content (AvgIpc) is 3.01. The van der Waals surface area contributed by atoms with Crippen molar-refractivity contribution >= 4 is 38.8 Å². The van der Waals surface area contributed by atoms with Crippen molar-refractivity contribution in [2.24, 2.45) is 0 Å². The first-order valence-corrected chi connectivity index (χ1v) is 8.96. The van der Waals surface area contributed by atoms with E-state index < -0.39 is 0 Å². The molecule has 124 valence electrons. The van der Waals surface area contributed by atoms with Crippen LogP contribution >= 0.6 is 0 Å². The van der Waals surface area contributed by atoms with Crippen LogP contribution in [0.4, 0.5) is 0 Å². The lowest BCUT2D eigenvalue weighted by atomic mass is 9.97. The quantitative estimate of drug-likeness (QED) is 0.349. The second-order valence-corrected chi connectivity index (χ2v) is 6.74. The van der Waals surface area contributed by atoms with E-state index in [1.165, 1.54) is 43.7 Å². The fourth-order valence-corrected chi connectivity index (χ4v) is 4.02. The molecule has 0 N–H and O–H groups in total. The van der Waals surface area contributed by atoms with Crippen LogP contribution in [0.5, 0.6) is 0 Å². The van der Waals surface area contributed by atoms with E-state index in [0.717, 1.165) is 6.42 Å². The maximum atomic E-state index is 3.99. The summed E-state index contributed by atoms with van der Waals surface area (Å²) in [5.74, 6) is 0. The highest BCUT2D eigenvalue weighted by Gasteiger charge is 2.10. The lowest BCUT2D eigenvalue weighted by Gasteiger charge is -2.07. The fraction of sp³-hybridized carbons (Fsp3) is 0.0400. The molecule has 1 heteroatoms. The predicted octanol–water partition coefficient (Wildman–Crippen LogP) is 6.64. The lowest BCUT2D eigenvalue weighted by Crippen LogP contribution is -1.90. The second kappa shape index (κ2) is 5.89. The van der Waals surface area contributed by atoms with E-state index in [4.69, 9.17) is 0 Å². The van der Waals surface area contributed by atoms with E-state index in [1.54, 1.807) is 0 Å². The van der Waals surface area contributed by atoms with Gasteiger partial charge in [-0.15, -0.1) is 0 Å². The monoisotopic (exact) mass is 333 g/mol. The van der Waals surface area contributed by atoms with Gasteiger partial charge in [0.05, 0.1) is 11.0 Å². The number of para-hydroxylation sites is 1. The minimum absolute atomic E-state index is 0.935. The SMILES string of the molecule is C=Cn1c2ccccc2c2cc(Cc3cccc4ccccc34)ccc21. The van der Waals surface area contributed by atoms with Gasteiger partial charge in [0.25, 0.3) is 0 Å². The molecule has 0 amide bonds. The predicted molar refractivity (Wildman–Crippen MR) is 113 cm³/mol. The van der Waals surface area contributed by atoms with Gasteiger partial charge in [-0.2, -0.15) is 0 Å². The Morgan fingerprint density at radius 2 is 1.42 bits per heavy atom. The zero-order valence-electron chi connectivity index (χ0n) is 14.5. The van der Waals surface area contributed by atoms with Gasteiger partial charge in [-0.1, -0.05) is 73.3 Å². The third-order valence-corrected chi connectivity index (χ3v) is 5.23. The topological polar surface area (TPSA) is 4.93 Å². The van der Waals surface area contributed by atoms with Gasteiger partial charge in [0, 0.05) is 17.0 Å². The van der Waals surface area contributed by atoms with Crippen molar-refractivity contribution < 1.29 is 0 Å². The molecule has 0 atom stereocenters. The molecule has 4 aromatic carbocycles. The smallest absolute Gasteiger partial charge is 0.0534 e. The van der Waals surface area contributed by atoms with Crippen LogP contribution in [0.15, 0.2) is 91.5 Å². The van der Waals surface area contributed by atoms with Crippen LogP contribution in [0.2, 0.25) is 0 Å². The summed E-state index contributed by atoms with van der Waals surface area (Å²) in [4.78, 5) is 0. The molecule has 1 nitrogen and oxygen atoms in total. The molecule has 0 saturated heterocycles. The highest BCUT2D eigenvalue weighted by Crippen LogP contribution is 2.31. The summed E-state index contributed by atoms with van der Waals surface area (Å²) >= 11 is 0. The molecule has 0 bridgehead atoms. The molecule has 1 aromatic heterocycles. The molecule has 0 saturated carbocycles. The molecule has 0 unspecified atom stereocenters. The summed E-state index contributed by atoms with van der Waals surface area (Å²) in [5, 5.41) is 5.21. The maximum Gasteiger partial charge on any atom is 0.0534 e. The highest BCUT2D eigenvalue weighted by molar-refractivity contribution is 6.09. The van der Waals surface area contributed by atoms with Crippen molar-refractivity contribution in [2.45, 2.75) is 6.42 Å². The summed E-state index contributed by atoms with van der Waals surface area (Å²) in [6.07, 6.45) is 2.83. The third-order valence-electron chi connectivity index (χ3n) is 5.23. The Kier molecular flexibility index (Phi) is 3.39. The van der Waals surface area contributed by atoms with Crippen LogP contribution in [0.3, 0.4) is 0 Å². The van der Waals surface area contributed by atoms with E-state index in [2.05, 4.69) is 96.1 Å². The molecule has 0 fully saturated rings. The number of rotatable bonds is 3. The van der Waals surface area contributed by atoms with E-state index in [-0.39, 0.29) is 0 Å². The van der Waals surface area contributed by atoms with Gasteiger partial charge in [-0.3, -0.25) is 0 Å². The van der Waals surface area contributed by atoms with Crippen molar-refractivity contribution in [1.29, 1.82) is 0 Å². The summed E-state index contributed by atoms with van der Waals surface area (Å²) in [7, 11) is 0. The van der Waals surface area contributed by atoms with Crippen LogP contribution in [-0.4, -0.2) is 4.57 Å². The number of hydrogen-bond donors (Lipinski definition) is 0. The van der Waals surface area contributed by atoms with Gasteiger partial charge >= 0.3 is 0 Å². The molecule has 1 heterocycles. The molecular weight excluding hydrogens is 314 g/mol. The van der Waals surface area contributed by atoms with Gasteiger partial charge in [-0.05, 0) is 46.5 Å². The van der Waals surface area contributed by atoms with E-state index >= 15 is 0 Å². The first-order chi connectivity index (χ1) is 12.8. The summed E-state index contributed by atoms with van der Waals surface area (Å²) in [6, 6.07) is 30.5. The summed E-state index contributed by atoms with van der Waals surface area (Å²) < 4.78 is 2.17. The minimum atomic E-state index is 0.935. The van der Waals surface area contributed by atoms with Crippen molar-refractivity contribution in [1.82, 2.24) is 4.57 Å². The van der Waals surface area contributed by atoms with Crippen LogP contribution < -0.4 is 0 Å². The van der Waals surface area contributed by atoms with Crippen molar-refractivity contribution in [3.63, 3.8) is 0 Å². The van der Waals surface area contributed by atoms with E-state index in [9.17, 15) is 0 Å². The maximum absolute atomic E-state index is 3.99. The minimum Gasteiger partial charge on any atom is -0.317 e. The van der Waals surface area contributed by atoms with Crippen molar-refractivity contribution in [3.05, 3.63) is 103 Å². The Morgan fingerprint density at radius 1 is 0.692 bits per heavy atom. The molecule has 0 spiro atoms. The molecule has 26 heavy (non-hydrogen) atoms. The van der Waals surface area contributed by atoms with Gasteiger partial charge in [0.1, 0.15) is 0 Å². The Morgan fingerprint density at radius 3 is 2.31 bits per heavy atom. The Labute approximate surface area is 152 Å². The normalized spacial score (nSPS) is 11.4. The largest absolute Gasteiger partial charge is 0.317 e. The summed E-state index contributed by atoms with van der Waals surface area (Å²) in [5.41, 5.74) is 5.12. The first kappa shape index (κ1) is 15.0. The summed E-state index contributed by atoms with van der Waals surface area (Å²) in [6.45, 7) is 3.99. The number of nitrogens with zero attached hydrogens (tertiary/aromatic N) is 1. The van der Waals surface area contributed by atoms with Gasteiger partial charge in [0.15, 0.2) is 0 Å². The Hall–Kier alpha value is -3.32. The zero-order valence-corrected chi connectivity index (χ0v) is 14.5. The van der Waals surface area contributed by atoms with E-state index in [1.807, 2.05) is 6.20 Å². The zero-order chi connectivity index (χ0) is 17.5. The number of benzene rings is 4. The Balaban J connectivity index is 1.68. The van der Waals surface area contributed by atoms with Gasteiger partial charge in [-0.25, -0.2) is 0 Å².